The highest BCUT2D eigenvalue weighted by Gasteiger charge is 2.30. The van der Waals surface area contributed by atoms with Gasteiger partial charge in [-0.2, -0.15) is 4.31 Å². The molecule has 0 atom stereocenters. The number of benzene rings is 1. The molecule has 1 aromatic carbocycles. The molecule has 9 heteroatoms. The van der Waals surface area contributed by atoms with Crippen LogP contribution in [0.15, 0.2) is 23.1 Å². The number of carbonyl (C=O) groups excluding carboxylic acids is 1. The summed E-state index contributed by atoms with van der Waals surface area (Å²) in [6.45, 7) is 0.884. The number of nitrogens with zero attached hydrogens (tertiary/aromatic N) is 2. The number of amides is 1. The molecule has 1 aromatic rings. The summed E-state index contributed by atoms with van der Waals surface area (Å²) >= 11 is 0. The molecule has 1 aliphatic rings. The van der Waals surface area contributed by atoms with Gasteiger partial charge in [0.05, 0.1) is 17.7 Å². The number of phenolic OH excluding ortho intramolecular Hbond substituents is 1. The Morgan fingerprint density at radius 2 is 1.90 bits per heavy atom. The number of aromatic hydroxyl groups is 1. The van der Waals surface area contributed by atoms with Crippen molar-refractivity contribution in [2.24, 2.45) is 0 Å². The number of methoxy groups -OCH3 is 1. The van der Waals surface area contributed by atoms with Crippen molar-refractivity contribution in [3.05, 3.63) is 18.2 Å². The van der Waals surface area contributed by atoms with Crippen molar-refractivity contribution in [3.63, 3.8) is 0 Å². The average Bonchev–Trinajstić information content (AvgIpc) is 2.49. The Labute approximate surface area is 122 Å². The second-order valence-electron chi connectivity index (χ2n) is 4.58. The van der Waals surface area contributed by atoms with Crippen LogP contribution in [0.25, 0.3) is 0 Å². The molecule has 1 aliphatic heterocycles. The Bertz CT molecular complexity index is 638. The lowest BCUT2D eigenvalue weighted by Gasteiger charge is -2.33. The minimum atomic E-state index is -3.69. The molecule has 1 fully saturated rings. The fraction of sp³-hybridized carbons (Fsp3) is 0.417. The molecule has 0 spiro atoms. The highest BCUT2D eigenvalue weighted by molar-refractivity contribution is 7.89. The van der Waals surface area contributed by atoms with E-state index < -0.39 is 16.1 Å². The van der Waals surface area contributed by atoms with Crippen molar-refractivity contribution in [1.29, 1.82) is 0 Å². The molecular weight excluding hydrogens is 298 g/mol. The highest BCUT2D eigenvalue weighted by atomic mass is 32.2. The smallest absolute Gasteiger partial charge is 0.409 e. The lowest BCUT2D eigenvalue weighted by Crippen LogP contribution is -2.50. The number of nitrogens with two attached hydrogens (primary N) is 1. The van der Waals surface area contributed by atoms with Crippen molar-refractivity contribution in [1.82, 2.24) is 9.21 Å². The summed E-state index contributed by atoms with van der Waals surface area (Å²) in [4.78, 5) is 12.8. The molecule has 21 heavy (non-hydrogen) atoms. The fourth-order valence-electron chi connectivity index (χ4n) is 2.08. The molecule has 1 amide bonds. The molecule has 8 nitrogen and oxygen atoms in total. The van der Waals surface area contributed by atoms with Crippen LogP contribution in [-0.2, 0) is 14.8 Å². The highest BCUT2D eigenvalue weighted by Crippen LogP contribution is 2.25. The lowest BCUT2D eigenvalue weighted by molar-refractivity contribution is 0.108. The number of sulfonamides is 1. The third-order valence-corrected chi connectivity index (χ3v) is 5.20. The molecule has 0 aromatic heterocycles. The molecule has 0 unspecified atom stereocenters. The van der Waals surface area contributed by atoms with Gasteiger partial charge in [0.1, 0.15) is 5.75 Å². The van der Waals surface area contributed by atoms with Gasteiger partial charge in [-0.05, 0) is 18.2 Å². The van der Waals surface area contributed by atoms with E-state index in [1.54, 1.807) is 0 Å². The first-order valence-corrected chi connectivity index (χ1v) is 7.72. The van der Waals surface area contributed by atoms with E-state index >= 15 is 0 Å². The van der Waals surface area contributed by atoms with E-state index in [0.717, 1.165) is 0 Å². The second-order valence-corrected chi connectivity index (χ2v) is 6.52. The monoisotopic (exact) mass is 315 g/mol. The molecule has 0 radical (unpaired) electrons. The molecule has 2 rings (SSSR count). The Kier molecular flexibility index (Phi) is 4.24. The molecule has 0 saturated carbocycles. The van der Waals surface area contributed by atoms with Crippen LogP contribution in [-0.4, -0.2) is 62.1 Å². The number of phenols is 1. The van der Waals surface area contributed by atoms with Crippen molar-refractivity contribution in [2.75, 3.05) is 39.0 Å². The third kappa shape index (κ3) is 3.03. The van der Waals surface area contributed by atoms with Crippen LogP contribution in [0.1, 0.15) is 0 Å². The molecule has 1 saturated heterocycles. The lowest BCUT2D eigenvalue weighted by atomic mass is 10.3. The predicted octanol–water partition coefficient (Wildman–Crippen LogP) is 0.0471. The number of piperazine rings is 1. The molecule has 0 aliphatic carbocycles. The van der Waals surface area contributed by atoms with E-state index in [4.69, 9.17) is 5.73 Å². The number of ether oxygens (including phenoxy) is 1. The third-order valence-electron chi connectivity index (χ3n) is 3.31. The van der Waals surface area contributed by atoms with Crippen LogP contribution in [0.3, 0.4) is 0 Å². The number of rotatable bonds is 2. The molecular formula is C12H17N3O5S. The summed E-state index contributed by atoms with van der Waals surface area (Å²) in [5.74, 6) is -0.163. The average molecular weight is 315 g/mol. The van der Waals surface area contributed by atoms with E-state index in [0.29, 0.717) is 0 Å². The van der Waals surface area contributed by atoms with Crippen molar-refractivity contribution < 1.29 is 23.1 Å². The van der Waals surface area contributed by atoms with Crippen LogP contribution in [0, 0.1) is 0 Å². The zero-order valence-electron chi connectivity index (χ0n) is 11.5. The first kappa shape index (κ1) is 15.4. The zero-order valence-corrected chi connectivity index (χ0v) is 12.3. The predicted molar refractivity (Wildman–Crippen MR) is 75.3 cm³/mol. The van der Waals surface area contributed by atoms with Gasteiger partial charge in [0.2, 0.25) is 10.0 Å². The molecule has 3 N–H and O–H groups in total. The maximum atomic E-state index is 12.5. The minimum absolute atomic E-state index is 0.00396. The summed E-state index contributed by atoms with van der Waals surface area (Å²) in [5.41, 5.74) is 5.53. The van der Waals surface area contributed by atoms with Gasteiger partial charge in [-0.3, -0.25) is 0 Å². The molecule has 0 bridgehead atoms. The minimum Gasteiger partial charge on any atom is -0.506 e. The number of carbonyl (C=O) groups is 1. The molecule has 116 valence electrons. The van der Waals surface area contributed by atoms with Crippen LogP contribution < -0.4 is 5.73 Å². The summed E-state index contributed by atoms with van der Waals surface area (Å²) < 4.78 is 30.8. The van der Waals surface area contributed by atoms with Gasteiger partial charge in [0, 0.05) is 26.2 Å². The number of nitrogen functional groups attached to an aromatic ring is 1. The first-order chi connectivity index (χ1) is 9.86. The van der Waals surface area contributed by atoms with Gasteiger partial charge < -0.3 is 20.5 Å². The van der Waals surface area contributed by atoms with Gasteiger partial charge in [0.15, 0.2) is 0 Å². The second kappa shape index (κ2) is 5.78. The molecule has 1 heterocycles. The van der Waals surface area contributed by atoms with E-state index in [9.17, 15) is 18.3 Å². The van der Waals surface area contributed by atoms with Gasteiger partial charge in [-0.1, -0.05) is 0 Å². The fourth-order valence-corrected chi connectivity index (χ4v) is 3.54. The van der Waals surface area contributed by atoms with Crippen LogP contribution in [0.2, 0.25) is 0 Å². The van der Waals surface area contributed by atoms with Crippen LogP contribution in [0.4, 0.5) is 10.5 Å². The standard InChI is InChI=1S/C12H17N3O5S/c1-20-12(17)14-4-6-15(7-5-14)21(18,19)9-2-3-11(16)10(13)8-9/h2-3,8,16H,4-7,13H2,1H3. The van der Waals surface area contributed by atoms with Gasteiger partial charge in [-0.15, -0.1) is 0 Å². The maximum absolute atomic E-state index is 12.5. The van der Waals surface area contributed by atoms with Gasteiger partial charge >= 0.3 is 6.09 Å². The normalized spacial score (nSPS) is 16.7. The number of hydrogen-bond acceptors (Lipinski definition) is 6. The SMILES string of the molecule is COC(=O)N1CCN(S(=O)(=O)c2ccc(O)c(N)c2)CC1. The largest absolute Gasteiger partial charge is 0.506 e. The van der Waals surface area contributed by atoms with Crippen molar-refractivity contribution in [2.45, 2.75) is 4.90 Å². The van der Waals surface area contributed by atoms with E-state index in [-0.39, 0.29) is 42.5 Å². The zero-order chi connectivity index (χ0) is 15.6. The van der Waals surface area contributed by atoms with Gasteiger partial charge in [-0.25, -0.2) is 13.2 Å². The summed E-state index contributed by atoms with van der Waals surface area (Å²) in [6.07, 6.45) is -0.471. The van der Waals surface area contributed by atoms with Crippen molar-refractivity contribution >= 4 is 21.8 Å². The Morgan fingerprint density at radius 1 is 1.29 bits per heavy atom. The van der Waals surface area contributed by atoms with E-state index in [1.165, 1.54) is 34.5 Å². The summed E-state index contributed by atoms with van der Waals surface area (Å²) in [6, 6.07) is 3.76. The van der Waals surface area contributed by atoms with Crippen LogP contribution in [0.5, 0.6) is 5.75 Å². The quantitative estimate of drug-likeness (QED) is 0.589. The Balaban J connectivity index is 2.14. The summed E-state index contributed by atoms with van der Waals surface area (Å²) in [5, 5.41) is 9.35. The van der Waals surface area contributed by atoms with Crippen molar-refractivity contribution in [3.8, 4) is 5.75 Å². The van der Waals surface area contributed by atoms with Crippen LogP contribution >= 0.6 is 0 Å². The first-order valence-electron chi connectivity index (χ1n) is 6.28. The summed E-state index contributed by atoms with van der Waals surface area (Å²) in [7, 11) is -2.41. The van der Waals surface area contributed by atoms with E-state index in [2.05, 4.69) is 4.74 Å². The van der Waals surface area contributed by atoms with E-state index in [1.807, 2.05) is 0 Å². The Hall–Kier alpha value is -2.00. The Morgan fingerprint density at radius 3 is 2.43 bits per heavy atom. The maximum Gasteiger partial charge on any atom is 0.409 e. The topological polar surface area (TPSA) is 113 Å². The van der Waals surface area contributed by atoms with Gasteiger partial charge in [0.25, 0.3) is 0 Å². The number of hydrogen-bond donors (Lipinski definition) is 2. The number of anilines is 1.